The fourth-order valence-electron chi connectivity index (χ4n) is 3.02. The van der Waals surface area contributed by atoms with Gasteiger partial charge in [-0.05, 0) is 25.8 Å². The van der Waals surface area contributed by atoms with Gasteiger partial charge in [0.25, 0.3) is 5.91 Å². The second kappa shape index (κ2) is 11.1. The molecule has 0 bridgehead atoms. The molecule has 40 heavy (non-hydrogen) atoms. The van der Waals surface area contributed by atoms with E-state index >= 15 is 4.39 Å². The summed E-state index contributed by atoms with van der Waals surface area (Å²) >= 11 is 0. The average Bonchev–Trinajstić information content (AvgIpc) is 2.99. The first-order valence-corrected chi connectivity index (χ1v) is 11.6. The summed E-state index contributed by atoms with van der Waals surface area (Å²) in [5.41, 5.74) is -4.30. The minimum Gasteiger partial charge on any atom is -0.493 e. The minimum absolute atomic E-state index is 0.0179. The molecular formula is C23H26FN6O9P. The van der Waals surface area contributed by atoms with E-state index in [4.69, 9.17) is 43.6 Å². The maximum atomic E-state index is 15.3. The van der Waals surface area contributed by atoms with Gasteiger partial charge in [0.2, 0.25) is 11.7 Å². The third-order valence-electron chi connectivity index (χ3n) is 4.65. The standard InChI is InChI=1S/C23H26FN6O9P/c1-23(2)21(31)30(11-38-40(32,33)34)20-14(39-23)6-7-17(28-20)27-19-13(24)10-25-22(29-19)26-12-8-15(35-3)18(37-5)16(9-12)36-4/h6-10H,11H2,1-5H3,(H2,32,33,34)(H2,25,26,27,28,29)/i1D3,2D3,3D3,4D3,5D3,6D,7D,10D. The maximum Gasteiger partial charge on any atom is 0.471 e. The van der Waals surface area contributed by atoms with E-state index in [-0.39, 0.29) is 4.90 Å². The largest absolute Gasteiger partial charge is 0.493 e. The number of phosphoric acid groups is 1. The van der Waals surface area contributed by atoms with Gasteiger partial charge in [-0.2, -0.15) is 4.98 Å². The van der Waals surface area contributed by atoms with E-state index in [1.54, 1.807) is 0 Å². The van der Waals surface area contributed by atoms with Crippen LogP contribution in [0.3, 0.4) is 0 Å². The van der Waals surface area contributed by atoms with Crippen LogP contribution in [-0.2, 0) is 13.9 Å². The highest BCUT2D eigenvalue weighted by Crippen LogP contribution is 2.42. The van der Waals surface area contributed by atoms with Gasteiger partial charge >= 0.3 is 7.82 Å². The third kappa shape index (κ3) is 6.15. The van der Waals surface area contributed by atoms with Crippen LogP contribution >= 0.6 is 7.82 Å². The van der Waals surface area contributed by atoms with Crippen LogP contribution in [-0.4, -0.2) is 64.1 Å². The second-order valence-electron chi connectivity index (χ2n) is 7.31. The van der Waals surface area contributed by atoms with Gasteiger partial charge in [0.1, 0.15) is 12.5 Å². The molecule has 4 N–H and O–H groups in total. The predicted molar refractivity (Wildman–Crippen MR) is 139 cm³/mol. The average molecular weight is 599 g/mol. The van der Waals surface area contributed by atoms with Crippen LogP contribution in [0.1, 0.15) is 38.4 Å². The lowest BCUT2D eigenvalue weighted by Crippen LogP contribution is -2.53. The number of rotatable bonds is 10. The molecule has 1 aliphatic heterocycles. The van der Waals surface area contributed by atoms with E-state index in [0.717, 1.165) is 12.1 Å². The molecule has 0 aliphatic carbocycles. The highest BCUT2D eigenvalue weighted by molar-refractivity contribution is 7.46. The number of halogens is 1. The lowest BCUT2D eigenvalue weighted by Gasteiger charge is -2.37. The molecule has 0 unspecified atom stereocenters. The molecule has 17 heteroatoms. The number of ether oxygens (including phenoxy) is 4. The van der Waals surface area contributed by atoms with E-state index in [1.807, 2.05) is 0 Å². The first-order chi connectivity index (χ1) is 26.0. The fourth-order valence-corrected chi connectivity index (χ4v) is 3.29. The van der Waals surface area contributed by atoms with Gasteiger partial charge in [-0.1, -0.05) is 0 Å². The summed E-state index contributed by atoms with van der Waals surface area (Å²) in [5.74, 6) is -11.6. The van der Waals surface area contributed by atoms with Crippen LogP contribution in [0, 0.1) is 5.82 Å². The van der Waals surface area contributed by atoms with Crippen LogP contribution in [0.25, 0.3) is 0 Å². The van der Waals surface area contributed by atoms with E-state index in [2.05, 4.69) is 30.1 Å². The van der Waals surface area contributed by atoms with Crippen molar-refractivity contribution in [2.24, 2.45) is 0 Å². The number of nitrogens with one attached hydrogen (secondary N) is 2. The van der Waals surface area contributed by atoms with Crippen molar-refractivity contribution >= 4 is 42.8 Å². The molecule has 1 aliphatic rings. The van der Waals surface area contributed by atoms with Gasteiger partial charge in [-0.15, -0.1) is 0 Å². The Labute approximate surface area is 252 Å². The van der Waals surface area contributed by atoms with E-state index in [1.165, 1.54) is 0 Å². The summed E-state index contributed by atoms with van der Waals surface area (Å²) in [6.07, 6.45) is -1.23. The Kier molecular flexibility index (Phi) is 3.72. The van der Waals surface area contributed by atoms with Gasteiger partial charge in [0.05, 0.1) is 43.7 Å². The van der Waals surface area contributed by atoms with E-state index in [9.17, 15) is 19.1 Å². The van der Waals surface area contributed by atoms with Crippen molar-refractivity contribution in [3.63, 3.8) is 0 Å². The van der Waals surface area contributed by atoms with Crippen LogP contribution in [0.4, 0.5) is 33.5 Å². The third-order valence-corrected chi connectivity index (χ3v) is 5.10. The Bertz CT molecular complexity index is 2090. The summed E-state index contributed by atoms with van der Waals surface area (Å²) in [6.45, 7) is -9.36. The molecular weight excluding hydrogens is 554 g/mol. The molecule has 4 rings (SSSR count). The van der Waals surface area contributed by atoms with Crippen molar-refractivity contribution in [1.29, 1.82) is 0 Å². The number of fused-ring (bicyclic) bond motifs is 1. The number of amides is 1. The lowest BCUT2D eigenvalue weighted by atomic mass is 10.1. The van der Waals surface area contributed by atoms with Crippen molar-refractivity contribution in [2.45, 2.75) is 19.3 Å². The van der Waals surface area contributed by atoms with E-state index < -0.39 is 137 Å². The molecule has 0 fully saturated rings. The molecule has 15 nitrogen and oxygen atoms in total. The van der Waals surface area contributed by atoms with Gasteiger partial charge in [0.15, 0.2) is 40.3 Å². The van der Waals surface area contributed by atoms with Crippen molar-refractivity contribution in [2.75, 3.05) is 43.4 Å². The number of nitrogens with zero attached hydrogens (tertiary/aromatic N) is 4. The number of carbonyl (C=O) groups excluding carboxylic acids is 1. The highest BCUT2D eigenvalue weighted by atomic mass is 31.2. The molecule has 1 aromatic carbocycles. The Balaban J connectivity index is 1.87. The lowest BCUT2D eigenvalue weighted by molar-refractivity contribution is -0.133. The SMILES string of the molecule is [2H]c1nc(Nc2cc(OC([2H])([2H])[2H])c(OC([2H])([2H])[2H])c(OC([2H])([2H])[2H])c2)nc(Nc2nc3c(c([2H])c2[2H])OC(C([2H])([2H])[2H])(C([2H])([2H])[2H])C(=O)N3COP(=O)(O)O)c1F. The van der Waals surface area contributed by atoms with Gasteiger partial charge < -0.3 is 39.4 Å². The molecule has 0 spiro atoms. The Hall–Kier alpha value is -4.24. The predicted octanol–water partition coefficient (Wildman–Crippen LogP) is 3.09. The molecule has 2 aromatic heterocycles. The zero-order chi connectivity index (χ0) is 44.4. The number of carbonyl (C=O) groups is 1. The molecule has 0 saturated heterocycles. The number of aromatic nitrogens is 3. The summed E-state index contributed by atoms with van der Waals surface area (Å²) in [7, 11) is -15.4. The molecule has 3 heterocycles. The first-order valence-electron chi connectivity index (χ1n) is 19.1. The fraction of sp³-hybridized carbons (Fsp3) is 0.304. The van der Waals surface area contributed by atoms with Crippen molar-refractivity contribution in [3.8, 4) is 23.0 Å². The molecule has 0 saturated carbocycles. The van der Waals surface area contributed by atoms with Gasteiger partial charge in [0, 0.05) is 26.0 Å². The summed E-state index contributed by atoms with van der Waals surface area (Å²) in [5, 5.41) is 4.46. The summed E-state index contributed by atoms with van der Waals surface area (Å²) < 4.78 is 190. The summed E-state index contributed by atoms with van der Waals surface area (Å²) in [6, 6.07) is -0.865. The van der Waals surface area contributed by atoms with Crippen molar-refractivity contribution in [1.82, 2.24) is 15.0 Å². The minimum atomic E-state index is -5.51. The molecule has 214 valence electrons. The number of methoxy groups -OCH3 is 3. The highest BCUT2D eigenvalue weighted by Gasteiger charge is 2.42. The van der Waals surface area contributed by atoms with Gasteiger partial charge in [-0.25, -0.2) is 18.9 Å². The molecule has 1 amide bonds. The normalized spacial score (nSPS) is 22.4. The Morgan fingerprint density at radius 2 is 1.88 bits per heavy atom. The molecule has 0 atom stereocenters. The monoisotopic (exact) mass is 598 g/mol. The smallest absolute Gasteiger partial charge is 0.471 e. The quantitative estimate of drug-likeness (QED) is 0.249. The van der Waals surface area contributed by atoms with Crippen LogP contribution in [0.15, 0.2) is 30.4 Å². The Morgan fingerprint density at radius 3 is 2.52 bits per heavy atom. The number of pyridine rings is 1. The van der Waals surface area contributed by atoms with Gasteiger partial charge in [-0.3, -0.25) is 14.2 Å². The van der Waals surface area contributed by atoms with E-state index in [0.29, 0.717) is 0 Å². The van der Waals surface area contributed by atoms with Crippen LogP contribution < -0.4 is 34.5 Å². The zero-order valence-corrected chi connectivity index (χ0v) is 20.1. The molecule has 0 radical (unpaired) electrons. The van der Waals surface area contributed by atoms with Crippen molar-refractivity contribution in [3.05, 3.63) is 36.2 Å². The summed E-state index contributed by atoms with van der Waals surface area (Å²) in [4.78, 5) is 43.3. The number of hydrogen-bond donors (Lipinski definition) is 4. The Morgan fingerprint density at radius 1 is 1.15 bits per heavy atom. The number of hydrogen-bond acceptors (Lipinski definition) is 12. The van der Waals surface area contributed by atoms with Crippen LogP contribution in [0.2, 0.25) is 0 Å². The number of phosphoric ester groups is 1. The van der Waals surface area contributed by atoms with Crippen molar-refractivity contribution < 1.29 is 71.7 Å². The maximum absolute atomic E-state index is 15.3. The second-order valence-corrected chi connectivity index (χ2v) is 8.55. The zero-order valence-electron chi connectivity index (χ0n) is 37.2. The van der Waals surface area contributed by atoms with Crippen LogP contribution in [0.5, 0.6) is 23.0 Å². The number of benzene rings is 1. The molecule has 3 aromatic rings. The topological polar surface area (TPSA) is 187 Å². The number of anilines is 5. The first kappa shape index (κ1) is 13.4.